The summed E-state index contributed by atoms with van der Waals surface area (Å²) in [6, 6.07) is 18.4. The van der Waals surface area contributed by atoms with Gasteiger partial charge >= 0.3 is 0 Å². The number of carbonyl (C=O) groups is 1. The van der Waals surface area contributed by atoms with Crippen molar-refractivity contribution in [2.45, 2.75) is 39.7 Å². The Morgan fingerprint density at radius 2 is 1.62 bits per heavy atom. The van der Waals surface area contributed by atoms with Crippen LogP contribution in [0.1, 0.15) is 37.8 Å². The summed E-state index contributed by atoms with van der Waals surface area (Å²) in [5.74, 6) is 2.22. The quantitative estimate of drug-likeness (QED) is 0.399. The van der Waals surface area contributed by atoms with Gasteiger partial charge in [-0.3, -0.25) is 4.79 Å². The highest BCUT2D eigenvalue weighted by atomic mass is 35.5. The molecule has 0 bridgehead atoms. The van der Waals surface area contributed by atoms with Crippen LogP contribution in [0, 0.1) is 6.92 Å². The van der Waals surface area contributed by atoms with Gasteiger partial charge in [0.25, 0.3) is 5.91 Å². The highest BCUT2D eigenvalue weighted by Crippen LogP contribution is 2.36. The van der Waals surface area contributed by atoms with Crippen LogP contribution in [0.3, 0.4) is 0 Å². The molecule has 0 unspecified atom stereocenters. The van der Waals surface area contributed by atoms with Crippen molar-refractivity contribution in [3.05, 3.63) is 76.8 Å². The summed E-state index contributed by atoms with van der Waals surface area (Å²) in [6.07, 6.45) is -0.729. The summed E-state index contributed by atoms with van der Waals surface area (Å²) in [7, 11) is 1.57. The summed E-state index contributed by atoms with van der Waals surface area (Å²) in [5, 5.41) is 3.35. The molecule has 0 saturated carbocycles. The van der Waals surface area contributed by atoms with Crippen molar-refractivity contribution < 1.29 is 19.0 Å². The maximum atomic E-state index is 13.0. The number of para-hydroxylation sites is 2. The second-order valence-corrected chi connectivity index (χ2v) is 8.28. The van der Waals surface area contributed by atoms with Gasteiger partial charge in [0.2, 0.25) is 0 Å². The molecule has 0 aliphatic heterocycles. The van der Waals surface area contributed by atoms with Gasteiger partial charge in [0.1, 0.15) is 5.75 Å². The minimum absolute atomic E-state index is 0.273. The number of halogens is 1. The first-order valence-corrected chi connectivity index (χ1v) is 10.8. The SMILES string of the molecule is COc1ccccc1Oc1ccc(Cl)cc1NC(=O)[C@H](C)Oc1cc(C)ccc1C(C)C. The number of hydrogen-bond acceptors (Lipinski definition) is 4. The number of carbonyl (C=O) groups excluding carboxylic acids is 1. The molecule has 0 aromatic heterocycles. The number of amides is 1. The smallest absolute Gasteiger partial charge is 0.265 e. The van der Waals surface area contributed by atoms with Crippen molar-refractivity contribution in [1.82, 2.24) is 0 Å². The number of hydrogen-bond donors (Lipinski definition) is 1. The van der Waals surface area contributed by atoms with Gasteiger partial charge in [-0.2, -0.15) is 0 Å². The molecule has 0 radical (unpaired) electrons. The molecule has 3 aromatic carbocycles. The normalized spacial score (nSPS) is 11.7. The van der Waals surface area contributed by atoms with E-state index in [1.54, 1.807) is 44.4 Å². The Morgan fingerprint density at radius 1 is 0.906 bits per heavy atom. The number of methoxy groups -OCH3 is 1. The standard InChI is InChI=1S/C26H28ClNO4/c1-16(2)20-12-10-17(3)14-25(20)31-18(4)26(29)28-21-15-19(27)11-13-22(21)32-24-9-7-6-8-23(24)30-5/h6-16,18H,1-5H3,(H,28,29)/t18-/m0/s1. The van der Waals surface area contributed by atoms with Crippen molar-refractivity contribution in [3.63, 3.8) is 0 Å². The molecule has 0 aliphatic rings. The van der Waals surface area contributed by atoms with E-state index in [0.29, 0.717) is 33.7 Å². The lowest BCUT2D eigenvalue weighted by Crippen LogP contribution is -2.30. The molecule has 6 heteroatoms. The minimum atomic E-state index is -0.729. The third kappa shape index (κ3) is 5.74. The summed E-state index contributed by atoms with van der Waals surface area (Å²) < 4.78 is 17.4. The number of aryl methyl sites for hydroxylation is 1. The van der Waals surface area contributed by atoms with Crippen LogP contribution < -0.4 is 19.5 Å². The van der Waals surface area contributed by atoms with Gasteiger partial charge in [0.05, 0.1) is 12.8 Å². The van der Waals surface area contributed by atoms with E-state index in [4.69, 9.17) is 25.8 Å². The first kappa shape index (κ1) is 23.5. The molecule has 0 aliphatic carbocycles. The van der Waals surface area contributed by atoms with Gasteiger partial charge in [-0.15, -0.1) is 0 Å². The summed E-state index contributed by atoms with van der Waals surface area (Å²) in [5.41, 5.74) is 2.56. The van der Waals surface area contributed by atoms with E-state index >= 15 is 0 Å². The third-order valence-corrected chi connectivity index (χ3v) is 5.19. The number of nitrogens with one attached hydrogen (secondary N) is 1. The van der Waals surface area contributed by atoms with E-state index < -0.39 is 6.10 Å². The highest BCUT2D eigenvalue weighted by molar-refractivity contribution is 6.31. The largest absolute Gasteiger partial charge is 0.493 e. The van der Waals surface area contributed by atoms with E-state index in [1.807, 2.05) is 37.3 Å². The van der Waals surface area contributed by atoms with Crippen LogP contribution in [0.2, 0.25) is 5.02 Å². The number of benzene rings is 3. The Bertz CT molecular complexity index is 1100. The van der Waals surface area contributed by atoms with Crippen LogP contribution in [0.15, 0.2) is 60.7 Å². The van der Waals surface area contributed by atoms with Crippen LogP contribution in [0.4, 0.5) is 5.69 Å². The number of rotatable bonds is 8. The van der Waals surface area contributed by atoms with Gasteiger partial charge in [0.15, 0.2) is 23.4 Å². The fraction of sp³-hybridized carbons (Fsp3) is 0.269. The molecule has 5 nitrogen and oxygen atoms in total. The van der Waals surface area contributed by atoms with E-state index in [0.717, 1.165) is 11.1 Å². The topological polar surface area (TPSA) is 56.8 Å². The van der Waals surface area contributed by atoms with E-state index in [2.05, 4.69) is 19.2 Å². The van der Waals surface area contributed by atoms with Crippen LogP contribution in [-0.2, 0) is 4.79 Å². The van der Waals surface area contributed by atoms with Crippen molar-refractivity contribution in [1.29, 1.82) is 0 Å². The minimum Gasteiger partial charge on any atom is -0.493 e. The number of ether oxygens (including phenoxy) is 3. The van der Waals surface area contributed by atoms with Crippen molar-refractivity contribution in [3.8, 4) is 23.0 Å². The second-order valence-electron chi connectivity index (χ2n) is 7.84. The molecule has 0 spiro atoms. The van der Waals surface area contributed by atoms with Gasteiger partial charge in [-0.1, -0.05) is 49.7 Å². The fourth-order valence-corrected chi connectivity index (χ4v) is 3.38. The lowest BCUT2D eigenvalue weighted by Gasteiger charge is -2.20. The molecule has 1 atom stereocenters. The predicted molar refractivity (Wildman–Crippen MR) is 129 cm³/mol. The molecule has 0 heterocycles. The Morgan fingerprint density at radius 3 is 2.31 bits per heavy atom. The molecule has 32 heavy (non-hydrogen) atoms. The van der Waals surface area contributed by atoms with Crippen LogP contribution in [0.25, 0.3) is 0 Å². The van der Waals surface area contributed by atoms with Crippen LogP contribution in [0.5, 0.6) is 23.0 Å². The van der Waals surface area contributed by atoms with Gasteiger partial charge in [0, 0.05) is 5.02 Å². The first-order valence-electron chi connectivity index (χ1n) is 10.5. The molecule has 0 saturated heterocycles. The maximum Gasteiger partial charge on any atom is 0.265 e. The van der Waals surface area contributed by atoms with Crippen LogP contribution in [-0.4, -0.2) is 19.1 Å². The van der Waals surface area contributed by atoms with Gasteiger partial charge in [-0.05, 0) is 67.3 Å². The summed E-state index contributed by atoms with van der Waals surface area (Å²) in [6.45, 7) is 7.90. The Labute approximate surface area is 194 Å². The molecular formula is C26H28ClNO4. The molecule has 1 N–H and O–H groups in total. The van der Waals surface area contributed by atoms with Gasteiger partial charge < -0.3 is 19.5 Å². The zero-order valence-corrected chi connectivity index (χ0v) is 19.7. The average molecular weight is 454 g/mol. The zero-order valence-electron chi connectivity index (χ0n) is 18.9. The fourth-order valence-electron chi connectivity index (χ4n) is 3.21. The van der Waals surface area contributed by atoms with Crippen molar-refractivity contribution in [2.24, 2.45) is 0 Å². The molecule has 3 aromatic rings. The van der Waals surface area contributed by atoms with Gasteiger partial charge in [-0.25, -0.2) is 0 Å². The Balaban J connectivity index is 1.80. The molecule has 168 valence electrons. The Hall–Kier alpha value is -3.18. The summed E-state index contributed by atoms with van der Waals surface area (Å²) in [4.78, 5) is 13.0. The maximum absolute atomic E-state index is 13.0. The van der Waals surface area contributed by atoms with E-state index in [9.17, 15) is 4.79 Å². The Kier molecular flexibility index (Phi) is 7.65. The average Bonchev–Trinajstić information content (AvgIpc) is 2.75. The second kappa shape index (κ2) is 10.4. The molecule has 1 amide bonds. The molecule has 3 rings (SSSR count). The van der Waals surface area contributed by atoms with Crippen LogP contribution >= 0.6 is 11.6 Å². The van der Waals surface area contributed by atoms with Crippen molar-refractivity contribution in [2.75, 3.05) is 12.4 Å². The third-order valence-electron chi connectivity index (χ3n) is 4.95. The number of anilines is 1. The predicted octanol–water partition coefficient (Wildman–Crippen LogP) is 6.98. The molecular weight excluding hydrogens is 426 g/mol. The zero-order chi connectivity index (χ0) is 23.3. The van der Waals surface area contributed by atoms with Crippen molar-refractivity contribution >= 4 is 23.2 Å². The van der Waals surface area contributed by atoms with E-state index in [1.165, 1.54) is 0 Å². The lowest BCUT2D eigenvalue weighted by molar-refractivity contribution is -0.122. The monoisotopic (exact) mass is 453 g/mol. The first-order chi connectivity index (χ1) is 15.3. The van der Waals surface area contributed by atoms with E-state index in [-0.39, 0.29) is 11.8 Å². The lowest BCUT2D eigenvalue weighted by atomic mass is 10.0. The highest BCUT2D eigenvalue weighted by Gasteiger charge is 2.20. The summed E-state index contributed by atoms with van der Waals surface area (Å²) >= 11 is 6.18. The molecule has 0 fully saturated rings.